The summed E-state index contributed by atoms with van der Waals surface area (Å²) in [6.45, 7) is 3.69. The quantitative estimate of drug-likeness (QED) is 0.680. The first-order chi connectivity index (χ1) is 14.0. The summed E-state index contributed by atoms with van der Waals surface area (Å²) >= 11 is 0. The number of carbonyl (C=O) groups excluding carboxylic acids is 1. The molecule has 2 fully saturated rings. The van der Waals surface area contributed by atoms with Gasteiger partial charge in [-0.25, -0.2) is 4.39 Å². The molecule has 1 saturated heterocycles. The van der Waals surface area contributed by atoms with Gasteiger partial charge in [-0.05, 0) is 74.8 Å². The molecule has 1 aliphatic carbocycles. The van der Waals surface area contributed by atoms with Crippen LogP contribution in [0.5, 0.6) is 5.75 Å². The number of primary amides is 1. The molecule has 1 aromatic rings. The number of carbonyl (C=O) groups is 1. The summed E-state index contributed by atoms with van der Waals surface area (Å²) < 4.78 is 24.2. The Morgan fingerprint density at radius 1 is 1.14 bits per heavy atom. The number of rotatable bonds is 9. The second-order valence-electron chi connectivity index (χ2n) is 8.65. The van der Waals surface area contributed by atoms with Gasteiger partial charge >= 0.3 is 0 Å². The average molecular weight is 407 g/mol. The molecule has 1 aliphatic heterocycles. The minimum Gasteiger partial charge on any atom is -0.490 e. The first-order valence-electron chi connectivity index (χ1n) is 11.0. The van der Waals surface area contributed by atoms with Crippen LogP contribution in [-0.2, 0) is 9.53 Å². The summed E-state index contributed by atoms with van der Waals surface area (Å²) in [6, 6.07) is 6.29. The molecule has 2 aliphatic rings. The molecule has 6 heteroatoms. The molecule has 0 bridgehead atoms. The van der Waals surface area contributed by atoms with Gasteiger partial charge in [0.05, 0.1) is 12.5 Å². The van der Waals surface area contributed by atoms with Crippen LogP contribution in [0.2, 0.25) is 0 Å². The van der Waals surface area contributed by atoms with Crippen molar-refractivity contribution in [3.8, 4) is 5.75 Å². The van der Waals surface area contributed by atoms with Gasteiger partial charge in [0, 0.05) is 20.2 Å². The lowest BCUT2D eigenvalue weighted by Gasteiger charge is -2.35. The van der Waals surface area contributed by atoms with E-state index in [0.717, 1.165) is 57.0 Å². The van der Waals surface area contributed by atoms with E-state index >= 15 is 0 Å². The molecule has 29 heavy (non-hydrogen) atoms. The third-order valence-corrected chi connectivity index (χ3v) is 6.68. The predicted octanol–water partition coefficient (Wildman–Crippen LogP) is 3.61. The second kappa shape index (κ2) is 10.9. The number of nitrogens with zero attached hydrogens (tertiary/aromatic N) is 1. The fraction of sp³-hybridized carbons (Fsp3) is 0.696. The lowest BCUT2D eigenvalue weighted by molar-refractivity contribution is -0.126. The van der Waals surface area contributed by atoms with Crippen LogP contribution in [0.3, 0.4) is 0 Å². The maximum atomic E-state index is 13.0. The Labute approximate surface area is 173 Å². The van der Waals surface area contributed by atoms with Crippen LogP contribution in [0.1, 0.15) is 44.9 Å². The Balaban J connectivity index is 1.33. The lowest BCUT2D eigenvalue weighted by Crippen LogP contribution is -2.39. The number of ether oxygens (including phenoxy) is 2. The Kier molecular flexibility index (Phi) is 8.30. The summed E-state index contributed by atoms with van der Waals surface area (Å²) in [5.74, 6) is 1.29. The molecule has 1 saturated carbocycles. The van der Waals surface area contributed by atoms with Gasteiger partial charge in [0.1, 0.15) is 17.7 Å². The molecule has 3 rings (SSSR count). The van der Waals surface area contributed by atoms with Crippen LogP contribution in [-0.4, -0.2) is 50.3 Å². The first-order valence-corrected chi connectivity index (χ1v) is 11.0. The molecule has 1 aromatic carbocycles. The van der Waals surface area contributed by atoms with Crippen LogP contribution >= 0.6 is 0 Å². The number of methoxy groups -OCH3 is 1. The first kappa shape index (κ1) is 22.0. The van der Waals surface area contributed by atoms with E-state index in [4.69, 9.17) is 15.2 Å². The molecule has 2 N–H and O–H groups in total. The normalized spacial score (nSPS) is 24.9. The average Bonchev–Trinajstić information content (AvgIpc) is 2.73. The molecule has 1 amide bonds. The highest BCUT2D eigenvalue weighted by Gasteiger charge is 2.31. The van der Waals surface area contributed by atoms with Gasteiger partial charge < -0.3 is 20.1 Å². The van der Waals surface area contributed by atoms with Crippen molar-refractivity contribution in [3.05, 3.63) is 30.1 Å². The van der Waals surface area contributed by atoms with E-state index in [0.29, 0.717) is 12.5 Å². The number of nitrogens with two attached hydrogens (primary N) is 1. The van der Waals surface area contributed by atoms with Gasteiger partial charge in [-0.15, -0.1) is 0 Å². The van der Waals surface area contributed by atoms with Crippen molar-refractivity contribution in [3.63, 3.8) is 0 Å². The lowest BCUT2D eigenvalue weighted by atomic mass is 9.75. The van der Waals surface area contributed by atoms with E-state index in [2.05, 4.69) is 4.90 Å². The Hall–Kier alpha value is -1.66. The SMILES string of the molecule is COCC(C(N)=O)C1CCC(CCN2CCC(Oc3ccc(F)cc3)CC2)CC1. The zero-order chi connectivity index (χ0) is 20.6. The highest BCUT2D eigenvalue weighted by Crippen LogP contribution is 2.35. The van der Waals surface area contributed by atoms with Gasteiger partial charge in [0.25, 0.3) is 0 Å². The summed E-state index contributed by atoms with van der Waals surface area (Å²) in [4.78, 5) is 14.2. The third-order valence-electron chi connectivity index (χ3n) is 6.68. The molecular weight excluding hydrogens is 371 g/mol. The standard InChI is InChI=1S/C23H35FN2O3/c1-28-16-22(23(25)27)18-4-2-17(3-5-18)10-13-26-14-11-21(12-15-26)29-20-8-6-19(24)7-9-20/h6-9,17-18,21-22H,2-5,10-16H2,1H3,(H2,25,27). The van der Waals surface area contributed by atoms with Crippen molar-refractivity contribution in [2.75, 3.05) is 33.4 Å². The fourth-order valence-corrected chi connectivity index (χ4v) is 4.83. The van der Waals surface area contributed by atoms with Crippen molar-refractivity contribution in [2.45, 2.75) is 51.0 Å². The molecule has 1 unspecified atom stereocenters. The predicted molar refractivity (Wildman–Crippen MR) is 111 cm³/mol. The van der Waals surface area contributed by atoms with Crippen LogP contribution in [0.4, 0.5) is 4.39 Å². The molecule has 162 valence electrons. The topological polar surface area (TPSA) is 64.8 Å². The van der Waals surface area contributed by atoms with E-state index in [1.165, 1.54) is 31.4 Å². The Morgan fingerprint density at radius 2 is 1.79 bits per heavy atom. The Morgan fingerprint density at radius 3 is 2.38 bits per heavy atom. The minimum atomic E-state index is -0.231. The third kappa shape index (κ3) is 6.68. The van der Waals surface area contributed by atoms with Crippen molar-refractivity contribution >= 4 is 5.91 Å². The Bertz CT molecular complexity index is 624. The van der Waals surface area contributed by atoms with Crippen LogP contribution in [0.25, 0.3) is 0 Å². The largest absolute Gasteiger partial charge is 0.490 e. The summed E-state index contributed by atoms with van der Waals surface area (Å²) in [7, 11) is 1.63. The minimum absolute atomic E-state index is 0.138. The fourth-order valence-electron chi connectivity index (χ4n) is 4.83. The zero-order valence-corrected chi connectivity index (χ0v) is 17.5. The summed E-state index contributed by atoms with van der Waals surface area (Å²) in [5, 5.41) is 0. The monoisotopic (exact) mass is 406 g/mol. The maximum absolute atomic E-state index is 13.0. The van der Waals surface area contributed by atoms with Crippen molar-refractivity contribution < 1.29 is 18.7 Å². The van der Waals surface area contributed by atoms with Gasteiger partial charge in [-0.1, -0.05) is 12.8 Å². The van der Waals surface area contributed by atoms with Crippen molar-refractivity contribution in [2.24, 2.45) is 23.5 Å². The van der Waals surface area contributed by atoms with Gasteiger partial charge in [-0.3, -0.25) is 4.79 Å². The van der Waals surface area contributed by atoms with Crippen molar-refractivity contribution in [1.82, 2.24) is 4.90 Å². The number of hydrogen-bond donors (Lipinski definition) is 1. The number of likely N-dealkylation sites (tertiary alicyclic amines) is 1. The van der Waals surface area contributed by atoms with Crippen LogP contribution in [0.15, 0.2) is 24.3 Å². The van der Waals surface area contributed by atoms with Gasteiger partial charge in [0.2, 0.25) is 5.91 Å². The summed E-state index contributed by atoms with van der Waals surface area (Å²) in [5.41, 5.74) is 5.56. The van der Waals surface area contributed by atoms with E-state index in [9.17, 15) is 9.18 Å². The molecule has 1 heterocycles. The molecular formula is C23H35FN2O3. The number of hydrogen-bond acceptors (Lipinski definition) is 4. The number of amides is 1. The van der Waals surface area contributed by atoms with E-state index in [1.54, 1.807) is 19.2 Å². The number of benzene rings is 1. The second-order valence-corrected chi connectivity index (χ2v) is 8.65. The van der Waals surface area contributed by atoms with E-state index in [-0.39, 0.29) is 23.7 Å². The van der Waals surface area contributed by atoms with E-state index in [1.807, 2.05) is 0 Å². The smallest absolute Gasteiger partial charge is 0.223 e. The highest BCUT2D eigenvalue weighted by molar-refractivity contribution is 5.77. The van der Waals surface area contributed by atoms with Gasteiger partial charge in [0.15, 0.2) is 0 Å². The van der Waals surface area contributed by atoms with Gasteiger partial charge in [-0.2, -0.15) is 0 Å². The zero-order valence-electron chi connectivity index (χ0n) is 17.5. The molecule has 0 radical (unpaired) electrons. The molecule has 5 nitrogen and oxygen atoms in total. The van der Waals surface area contributed by atoms with Crippen molar-refractivity contribution in [1.29, 1.82) is 0 Å². The highest BCUT2D eigenvalue weighted by atomic mass is 19.1. The molecule has 0 spiro atoms. The number of halogens is 1. The summed E-state index contributed by atoms with van der Waals surface area (Å²) in [6.07, 6.45) is 8.00. The van der Waals surface area contributed by atoms with E-state index < -0.39 is 0 Å². The van der Waals surface area contributed by atoms with Crippen LogP contribution < -0.4 is 10.5 Å². The molecule has 1 atom stereocenters. The maximum Gasteiger partial charge on any atom is 0.223 e. The van der Waals surface area contributed by atoms with Crippen LogP contribution in [0, 0.1) is 23.6 Å². The molecule has 0 aromatic heterocycles. The number of piperidine rings is 1.